The highest BCUT2D eigenvalue weighted by Crippen LogP contribution is 2.39. The van der Waals surface area contributed by atoms with Gasteiger partial charge in [0.1, 0.15) is 11.4 Å². The highest BCUT2D eigenvalue weighted by Gasteiger charge is 2.27. The molecule has 0 aliphatic heterocycles. The highest BCUT2D eigenvalue weighted by molar-refractivity contribution is 6.03. The summed E-state index contributed by atoms with van der Waals surface area (Å²) in [5.74, 6) is -0.00976. The van der Waals surface area contributed by atoms with Crippen molar-refractivity contribution in [1.82, 2.24) is 19.7 Å². The lowest BCUT2D eigenvalue weighted by Gasteiger charge is -2.25. The van der Waals surface area contributed by atoms with Crippen LogP contribution in [0, 0.1) is 0 Å². The third kappa shape index (κ3) is 4.88. The van der Waals surface area contributed by atoms with Gasteiger partial charge in [-0.2, -0.15) is 9.78 Å². The Morgan fingerprint density at radius 1 is 1.06 bits per heavy atom. The maximum absolute atomic E-state index is 13.0. The molecule has 36 heavy (non-hydrogen) atoms. The molecule has 0 radical (unpaired) electrons. The van der Waals surface area contributed by atoms with Crippen LogP contribution < -0.4 is 10.6 Å². The van der Waals surface area contributed by atoms with Gasteiger partial charge in [-0.1, -0.05) is 36.8 Å². The fraction of sp³-hybridized carbons (Fsp3) is 0.250. The predicted octanol–water partition coefficient (Wildman–Crippen LogP) is 4.91. The summed E-state index contributed by atoms with van der Waals surface area (Å²) < 4.78 is 3.16. The van der Waals surface area contributed by atoms with Gasteiger partial charge < -0.3 is 20.3 Å². The van der Waals surface area contributed by atoms with E-state index in [1.807, 2.05) is 36.4 Å². The van der Waals surface area contributed by atoms with Crippen molar-refractivity contribution in [3.05, 3.63) is 89.9 Å². The fourth-order valence-corrected chi connectivity index (χ4v) is 4.44. The minimum atomic E-state index is -0.273. The summed E-state index contributed by atoms with van der Waals surface area (Å²) in [4.78, 5) is 25.5. The minimum absolute atomic E-state index is 0.0195. The molecule has 0 atom stereocenters. The molecule has 0 spiro atoms. The number of aromatic nitrogens is 3. The van der Waals surface area contributed by atoms with Crippen molar-refractivity contribution >= 4 is 17.6 Å². The Morgan fingerprint density at radius 3 is 2.53 bits per heavy atom. The summed E-state index contributed by atoms with van der Waals surface area (Å²) in [5, 5.41) is 21.1. The van der Waals surface area contributed by atoms with Crippen LogP contribution in [-0.4, -0.2) is 37.9 Å². The summed E-state index contributed by atoms with van der Waals surface area (Å²) >= 11 is 0. The second-order valence-corrected chi connectivity index (χ2v) is 9.15. The molecule has 4 aromatic rings. The zero-order valence-corrected chi connectivity index (χ0v) is 20.1. The summed E-state index contributed by atoms with van der Waals surface area (Å²) in [6.45, 7) is 0.503. The third-order valence-corrected chi connectivity index (χ3v) is 6.69. The highest BCUT2D eigenvalue weighted by atomic mass is 16.3. The van der Waals surface area contributed by atoms with E-state index in [1.165, 1.54) is 10.7 Å². The molecule has 2 aromatic heterocycles. The smallest absolute Gasteiger partial charge is 0.342 e. The Labute approximate surface area is 209 Å². The molecule has 8 heteroatoms. The lowest BCUT2D eigenvalue weighted by molar-refractivity contribution is 0.101. The Bertz CT molecular complexity index is 1390. The molecule has 0 saturated heterocycles. The average Bonchev–Trinajstić information content (AvgIpc) is 3.45. The Hall–Kier alpha value is -4.33. The number of aromatic hydroxyl groups is 1. The van der Waals surface area contributed by atoms with E-state index >= 15 is 0 Å². The Kier molecular flexibility index (Phi) is 6.58. The van der Waals surface area contributed by atoms with Gasteiger partial charge in [0.2, 0.25) is 0 Å². The van der Waals surface area contributed by atoms with Crippen LogP contribution in [0.15, 0.2) is 72.9 Å². The normalized spacial score (nSPS) is 13.2. The van der Waals surface area contributed by atoms with Gasteiger partial charge in [0.05, 0.1) is 11.4 Å². The van der Waals surface area contributed by atoms with E-state index in [0.29, 0.717) is 29.2 Å². The first kappa shape index (κ1) is 23.4. The number of hydrogen-bond donors (Lipinski definition) is 3. The van der Waals surface area contributed by atoms with Gasteiger partial charge in [-0.25, -0.2) is 4.79 Å². The number of phenolic OH excluding ortho intramolecular Hbond substituents is 1. The molecule has 184 valence electrons. The maximum atomic E-state index is 13.0. The van der Waals surface area contributed by atoms with Crippen molar-refractivity contribution < 1.29 is 14.7 Å². The number of carbonyl (C=O) groups excluding carboxylic acids is 2. The number of anilines is 1. The summed E-state index contributed by atoms with van der Waals surface area (Å²) in [7, 11) is 1.79. The van der Waals surface area contributed by atoms with Crippen LogP contribution in [0.1, 0.15) is 46.9 Å². The molecular weight excluding hydrogens is 454 g/mol. The molecule has 0 unspecified atom stereocenters. The van der Waals surface area contributed by atoms with E-state index in [4.69, 9.17) is 0 Å². The van der Waals surface area contributed by atoms with Gasteiger partial charge >= 0.3 is 6.03 Å². The van der Waals surface area contributed by atoms with Crippen LogP contribution >= 0.6 is 0 Å². The lowest BCUT2D eigenvalue weighted by Crippen LogP contribution is -2.33. The van der Waals surface area contributed by atoms with Crippen molar-refractivity contribution in [2.45, 2.75) is 31.6 Å². The zero-order chi connectivity index (χ0) is 25.1. The minimum Gasteiger partial charge on any atom is -0.507 e. The summed E-state index contributed by atoms with van der Waals surface area (Å²) in [6, 6.07) is 20.1. The molecule has 5 rings (SSSR count). The largest absolute Gasteiger partial charge is 0.507 e. The first-order chi connectivity index (χ1) is 17.5. The number of amides is 2. The van der Waals surface area contributed by atoms with Gasteiger partial charge in [-0.15, -0.1) is 0 Å². The molecular formula is C28H29N5O3. The molecule has 2 aromatic carbocycles. The molecule has 3 N–H and O–H groups in total. The molecule has 1 saturated carbocycles. The molecule has 1 aliphatic carbocycles. The first-order valence-electron chi connectivity index (χ1n) is 12.2. The average molecular weight is 484 g/mol. The van der Waals surface area contributed by atoms with Crippen LogP contribution in [-0.2, 0) is 13.5 Å². The fourth-order valence-electron chi connectivity index (χ4n) is 4.44. The molecule has 2 amide bonds. The monoisotopic (exact) mass is 483 g/mol. The quantitative estimate of drug-likeness (QED) is 0.347. The lowest BCUT2D eigenvalue weighted by atomic mass is 9.82. The number of carbonyl (C=O) groups is 2. The second kappa shape index (κ2) is 10.1. The van der Waals surface area contributed by atoms with E-state index in [-0.39, 0.29) is 23.6 Å². The third-order valence-electron chi connectivity index (χ3n) is 6.69. The molecule has 1 aliphatic rings. The summed E-state index contributed by atoms with van der Waals surface area (Å²) in [5.41, 5.74) is 4.02. The summed E-state index contributed by atoms with van der Waals surface area (Å²) in [6.07, 6.45) is 5.68. The van der Waals surface area contributed by atoms with Gasteiger partial charge in [-0.05, 0) is 55.2 Å². The molecule has 8 nitrogen and oxygen atoms in total. The number of nitrogens with one attached hydrogen (secondary N) is 2. The van der Waals surface area contributed by atoms with Gasteiger partial charge in [0.15, 0.2) is 0 Å². The Balaban J connectivity index is 1.33. The van der Waals surface area contributed by atoms with Crippen molar-refractivity contribution in [1.29, 1.82) is 0 Å². The second-order valence-electron chi connectivity index (χ2n) is 9.15. The van der Waals surface area contributed by atoms with Crippen LogP contribution in [0.2, 0.25) is 0 Å². The number of nitrogens with zero attached hydrogens (tertiary/aromatic N) is 3. The van der Waals surface area contributed by atoms with Gasteiger partial charge in [0, 0.05) is 43.0 Å². The van der Waals surface area contributed by atoms with Crippen molar-refractivity contribution in [2.24, 2.45) is 7.05 Å². The van der Waals surface area contributed by atoms with Crippen LogP contribution in [0.3, 0.4) is 0 Å². The number of rotatable bonds is 7. The molecule has 0 bridgehead atoms. The number of benzene rings is 2. The van der Waals surface area contributed by atoms with Crippen LogP contribution in [0.5, 0.6) is 5.75 Å². The van der Waals surface area contributed by atoms with E-state index < -0.39 is 0 Å². The molecule has 1 fully saturated rings. The topological polar surface area (TPSA) is 101 Å². The van der Waals surface area contributed by atoms with E-state index in [1.54, 1.807) is 42.1 Å². The number of hydrogen-bond acceptors (Lipinski definition) is 4. The van der Waals surface area contributed by atoms with Crippen molar-refractivity contribution in [2.75, 3.05) is 11.9 Å². The van der Waals surface area contributed by atoms with Crippen LogP contribution in [0.25, 0.3) is 11.3 Å². The SMILES string of the molecule is Cn1cccc1C(=O)Nc1ccc(-c2cc(C3CCC3)n(C(=O)NCCc3ccccc3)n2)c(O)c1. The van der Waals surface area contributed by atoms with Gasteiger partial charge in [-0.3, -0.25) is 4.79 Å². The van der Waals surface area contributed by atoms with E-state index in [0.717, 1.165) is 36.9 Å². The predicted molar refractivity (Wildman–Crippen MR) is 138 cm³/mol. The Morgan fingerprint density at radius 2 is 1.86 bits per heavy atom. The first-order valence-corrected chi connectivity index (χ1v) is 12.2. The zero-order valence-electron chi connectivity index (χ0n) is 20.1. The molecule has 2 heterocycles. The maximum Gasteiger partial charge on any atom is 0.342 e. The van der Waals surface area contributed by atoms with Gasteiger partial charge in [0.25, 0.3) is 5.91 Å². The van der Waals surface area contributed by atoms with Crippen LogP contribution in [0.4, 0.5) is 10.5 Å². The van der Waals surface area contributed by atoms with Crippen molar-refractivity contribution in [3.63, 3.8) is 0 Å². The number of phenols is 1. The number of aryl methyl sites for hydroxylation is 1. The van der Waals surface area contributed by atoms with E-state index in [2.05, 4.69) is 15.7 Å². The van der Waals surface area contributed by atoms with E-state index in [9.17, 15) is 14.7 Å². The van der Waals surface area contributed by atoms with Crippen molar-refractivity contribution in [3.8, 4) is 17.0 Å². The standard InChI is InChI=1S/C28H29N5O3/c1-32-16-6-11-24(32)27(35)30-21-12-13-22(26(34)17-21)23-18-25(20-9-5-10-20)33(31-23)28(36)29-15-14-19-7-3-2-4-8-19/h2-4,6-8,11-13,16-18,20,34H,5,9-10,14-15H2,1H3,(H,29,36)(H,30,35).